The molecule has 1 aliphatic rings. The van der Waals surface area contributed by atoms with Crippen molar-refractivity contribution in [2.45, 2.75) is 12.8 Å². The van der Waals surface area contributed by atoms with E-state index in [1.165, 1.54) is 4.90 Å². The van der Waals surface area contributed by atoms with Gasteiger partial charge >= 0.3 is 0 Å². The van der Waals surface area contributed by atoms with Gasteiger partial charge in [0.1, 0.15) is 0 Å². The molecule has 0 aromatic heterocycles. The molecule has 1 aliphatic heterocycles. The maximum atomic E-state index is 10.7. The van der Waals surface area contributed by atoms with Gasteiger partial charge in [-0.2, -0.15) is 0 Å². The number of amides is 1. The van der Waals surface area contributed by atoms with Crippen molar-refractivity contribution < 1.29 is 9.69 Å². The van der Waals surface area contributed by atoms with Gasteiger partial charge in [0.05, 0.1) is 20.1 Å². The summed E-state index contributed by atoms with van der Waals surface area (Å²) in [5.41, 5.74) is 5.16. The monoisotopic (exact) mass is 143 g/mol. The molecule has 58 valence electrons. The van der Waals surface area contributed by atoms with E-state index in [4.69, 9.17) is 5.73 Å². The van der Waals surface area contributed by atoms with Gasteiger partial charge in [-0.1, -0.05) is 0 Å². The van der Waals surface area contributed by atoms with Crippen molar-refractivity contribution in [1.82, 2.24) is 0 Å². The lowest BCUT2D eigenvalue weighted by Crippen LogP contribution is -3.10. The van der Waals surface area contributed by atoms with Gasteiger partial charge in [0, 0.05) is 18.8 Å². The van der Waals surface area contributed by atoms with Crippen LogP contribution in [0.3, 0.4) is 0 Å². The Bertz CT molecular complexity index is 128. The van der Waals surface area contributed by atoms with Crippen LogP contribution in [-0.2, 0) is 4.79 Å². The Morgan fingerprint density at radius 3 is 2.40 bits per heavy atom. The third-order valence-electron chi connectivity index (χ3n) is 2.24. The maximum absolute atomic E-state index is 10.7. The molecule has 0 aromatic carbocycles. The topological polar surface area (TPSA) is 47.5 Å². The zero-order valence-corrected chi connectivity index (χ0v) is 6.39. The van der Waals surface area contributed by atoms with Crippen molar-refractivity contribution in [3.05, 3.63) is 0 Å². The number of hydrogen-bond acceptors (Lipinski definition) is 1. The van der Waals surface area contributed by atoms with E-state index in [9.17, 15) is 4.79 Å². The normalized spacial score (nSPS) is 33.7. The van der Waals surface area contributed by atoms with Crippen LogP contribution in [0.5, 0.6) is 0 Å². The zero-order valence-electron chi connectivity index (χ0n) is 6.39. The Labute approximate surface area is 61.2 Å². The number of nitrogens with one attached hydrogen (secondary N) is 1. The van der Waals surface area contributed by atoms with Crippen LogP contribution < -0.4 is 10.6 Å². The van der Waals surface area contributed by atoms with E-state index in [1.807, 2.05) is 0 Å². The fourth-order valence-electron chi connectivity index (χ4n) is 1.40. The summed E-state index contributed by atoms with van der Waals surface area (Å²) in [6, 6.07) is 0. The molecule has 1 heterocycles. The number of quaternary nitrogens is 1. The van der Waals surface area contributed by atoms with Crippen molar-refractivity contribution >= 4 is 5.91 Å². The third-order valence-corrected chi connectivity index (χ3v) is 2.24. The average molecular weight is 143 g/mol. The van der Waals surface area contributed by atoms with Crippen molar-refractivity contribution in [1.29, 1.82) is 0 Å². The van der Waals surface area contributed by atoms with Crippen LogP contribution in [0.15, 0.2) is 0 Å². The molecule has 0 spiro atoms. The summed E-state index contributed by atoms with van der Waals surface area (Å²) < 4.78 is 0. The first kappa shape index (κ1) is 7.54. The lowest BCUT2D eigenvalue weighted by molar-refractivity contribution is -0.885. The van der Waals surface area contributed by atoms with Crippen LogP contribution in [0.25, 0.3) is 0 Å². The lowest BCUT2D eigenvalue weighted by atomic mass is 9.97. The van der Waals surface area contributed by atoms with Crippen LogP contribution in [0.2, 0.25) is 0 Å². The van der Waals surface area contributed by atoms with Crippen LogP contribution in [-0.4, -0.2) is 26.0 Å². The highest BCUT2D eigenvalue weighted by Crippen LogP contribution is 2.07. The first-order chi connectivity index (χ1) is 4.70. The standard InChI is InChI=1S/C7H14N2O/c1-9-4-2-6(3-5-9)7(8)10/h6H,2-5H2,1H3,(H2,8,10)/p+1. The second-order valence-corrected chi connectivity index (χ2v) is 3.13. The molecule has 3 N–H and O–H groups in total. The Hall–Kier alpha value is -0.570. The molecule has 0 aromatic rings. The van der Waals surface area contributed by atoms with Crippen LogP contribution in [0.4, 0.5) is 0 Å². The van der Waals surface area contributed by atoms with Crippen LogP contribution >= 0.6 is 0 Å². The minimum absolute atomic E-state index is 0.118. The fourth-order valence-corrected chi connectivity index (χ4v) is 1.40. The number of nitrogens with two attached hydrogens (primary N) is 1. The lowest BCUT2D eigenvalue weighted by Gasteiger charge is -2.23. The first-order valence-electron chi connectivity index (χ1n) is 3.81. The summed E-state index contributed by atoms with van der Waals surface area (Å²) in [5.74, 6) is 0.0381. The summed E-state index contributed by atoms with van der Waals surface area (Å²) in [4.78, 5) is 12.2. The molecular weight excluding hydrogens is 128 g/mol. The van der Waals surface area contributed by atoms with Gasteiger partial charge in [-0.25, -0.2) is 0 Å². The molecule has 1 saturated heterocycles. The summed E-state index contributed by atoms with van der Waals surface area (Å²) in [6.45, 7) is 2.18. The van der Waals surface area contributed by atoms with Gasteiger partial charge in [-0.15, -0.1) is 0 Å². The molecule has 0 aliphatic carbocycles. The number of likely N-dealkylation sites (tertiary alicyclic amines) is 1. The molecule has 1 amide bonds. The molecule has 0 unspecified atom stereocenters. The van der Waals surface area contributed by atoms with Crippen molar-refractivity contribution in [3.8, 4) is 0 Å². The van der Waals surface area contributed by atoms with E-state index in [-0.39, 0.29) is 11.8 Å². The molecular formula is C7H15N2O+. The van der Waals surface area contributed by atoms with Crippen LogP contribution in [0, 0.1) is 5.92 Å². The average Bonchev–Trinajstić information content (AvgIpc) is 1.88. The Balaban J connectivity index is 2.33. The number of primary amides is 1. The van der Waals surface area contributed by atoms with E-state index >= 15 is 0 Å². The maximum Gasteiger partial charge on any atom is 0.220 e. The molecule has 0 saturated carbocycles. The van der Waals surface area contributed by atoms with Crippen molar-refractivity contribution in [2.75, 3.05) is 20.1 Å². The highest BCUT2D eigenvalue weighted by molar-refractivity contribution is 5.76. The van der Waals surface area contributed by atoms with E-state index in [2.05, 4.69) is 7.05 Å². The summed E-state index contributed by atoms with van der Waals surface area (Å²) in [7, 11) is 2.15. The molecule has 1 fully saturated rings. The Morgan fingerprint density at radius 1 is 1.50 bits per heavy atom. The number of rotatable bonds is 1. The van der Waals surface area contributed by atoms with E-state index in [1.54, 1.807) is 0 Å². The smallest absolute Gasteiger partial charge is 0.220 e. The second-order valence-electron chi connectivity index (χ2n) is 3.13. The third kappa shape index (κ3) is 1.70. The predicted octanol–water partition coefficient (Wildman–Crippen LogP) is -1.60. The molecule has 10 heavy (non-hydrogen) atoms. The van der Waals surface area contributed by atoms with Crippen molar-refractivity contribution in [3.63, 3.8) is 0 Å². The number of carbonyl (C=O) groups excluding carboxylic acids is 1. The molecule has 0 radical (unpaired) electrons. The van der Waals surface area contributed by atoms with Gasteiger partial charge < -0.3 is 10.6 Å². The van der Waals surface area contributed by atoms with E-state index < -0.39 is 0 Å². The summed E-state index contributed by atoms with van der Waals surface area (Å²) in [5, 5.41) is 0. The molecule has 0 atom stereocenters. The first-order valence-corrected chi connectivity index (χ1v) is 3.81. The van der Waals surface area contributed by atoms with Gasteiger partial charge in [0.15, 0.2) is 0 Å². The Kier molecular flexibility index (Phi) is 2.27. The second kappa shape index (κ2) is 3.01. The number of hydrogen-bond donors (Lipinski definition) is 2. The number of carbonyl (C=O) groups is 1. The van der Waals surface area contributed by atoms with Gasteiger partial charge in [-0.05, 0) is 0 Å². The fraction of sp³-hybridized carbons (Fsp3) is 0.857. The largest absolute Gasteiger partial charge is 0.369 e. The van der Waals surface area contributed by atoms with E-state index in [0.717, 1.165) is 25.9 Å². The quantitative estimate of drug-likeness (QED) is 0.456. The molecule has 1 rings (SSSR count). The van der Waals surface area contributed by atoms with E-state index in [0.29, 0.717) is 0 Å². The van der Waals surface area contributed by atoms with Crippen molar-refractivity contribution in [2.24, 2.45) is 11.7 Å². The predicted molar refractivity (Wildman–Crippen MR) is 38.5 cm³/mol. The molecule has 3 nitrogen and oxygen atoms in total. The SMILES string of the molecule is C[NH+]1CCC(C(N)=O)CC1. The molecule has 0 bridgehead atoms. The summed E-state index contributed by atoms with van der Waals surface area (Å²) in [6.07, 6.45) is 1.95. The highest BCUT2D eigenvalue weighted by Gasteiger charge is 2.22. The van der Waals surface area contributed by atoms with Crippen LogP contribution in [0.1, 0.15) is 12.8 Å². The van der Waals surface area contributed by atoms with Gasteiger partial charge in [0.2, 0.25) is 5.91 Å². The molecule has 3 heteroatoms. The highest BCUT2D eigenvalue weighted by atomic mass is 16.1. The van der Waals surface area contributed by atoms with Gasteiger partial charge in [0.25, 0.3) is 0 Å². The zero-order chi connectivity index (χ0) is 7.56. The Morgan fingerprint density at radius 2 is 2.00 bits per heavy atom. The minimum atomic E-state index is -0.118. The minimum Gasteiger partial charge on any atom is -0.369 e. The number of piperidine rings is 1. The summed E-state index contributed by atoms with van der Waals surface area (Å²) >= 11 is 0. The van der Waals surface area contributed by atoms with Gasteiger partial charge in [-0.3, -0.25) is 4.79 Å².